The van der Waals surface area contributed by atoms with E-state index in [1.807, 2.05) is 0 Å². The van der Waals surface area contributed by atoms with Crippen LogP contribution >= 0.6 is 0 Å². The molecule has 0 aromatic heterocycles. The van der Waals surface area contributed by atoms with Gasteiger partial charge in [-0.15, -0.1) is 0 Å². The molecule has 0 radical (unpaired) electrons. The molecule has 1 aliphatic carbocycles. The van der Waals surface area contributed by atoms with Crippen LogP contribution < -0.4 is 5.32 Å². The summed E-state index contributed by atoms with van der Waals surface area (Å²) >= 11 is 0. The molecule has 0 aromatic rings. The molecule has 0 spiro atoms. The minimum absolute atomic E-state index is 0.0280. The first-order valence-corrected chi connectivity index (χ1v) is 8.09. The second-order valence-corrected chi connectivity index (χ2v) is 6.70. The Labute approximate surface area is 125 Å². The zero-order chi connectivity index (χ0) is 15.5. The maximum absolute atomic E-state index is 12.8. The predicted molar refractivity (Wildman–Crippen MR) is 78.3 cm³/mol. The Kier molecular flexibility index (Phi) is 5.91. The number of rotatable bonds is 4. The molecule has 3 atom stereocenters. The van der Waals surface area contributed by atoms with Crippen LogP contribution in [0, 0.1) is 5.92 Å². The molecule has 6 heteroatoms. The van der Waals surface area contributed by atoms with Crippen molar-refractivity contribution in [2.45, 2.75) is 50.9 Å². The van der Waals surface area contributed by atoms with Gasteiger partial charge in [-0.25, -0.2) is 0 Å². The average molecular weight is 307 g/mol. The summed E-state index contributed by atoms with van der Waals surface area (Å²) in [5.74, 6) is -1.11. The number of hydrogen-bond donors (Lipinski definition) is 1. The molecule has 0 amide bonds. The molecule has 124 valence electrons. The zero-order valence-corrected chi connectivity index (χ0v) is 13.1. The van der Waals surface area contributed by atoms with Gasteiger partial charge in [0, 0.05) is 44.8 Å². The quantitative estimate of drug-likeness (QED) is 0.860. The normalized spacial score (nSPS) is 31.3. The van der Waals surface area contributed by atoms with Crippen LogP contribution in [0.1, 0.15) is 32.6 Å². The summed E-state index contributed by atoms with van der Waals surface area (Å²) in [6.07, 6.45) is -1.91. The standard InChI is InChI=1S/C15H28F3N3/c1-12(21-8-6-20(2)7-9-21)11-19-14-5-3-4-13(10-14)15(16,17)18/h12-14,19H,3-11H2,1-2H3/t12-,13+,14+/m1/s1. The van der Waals surface area contributed by atoms with E-state index >= 15 is 0 Å². The maximum atomic E-state index is 12.8. The van der Waals surface area contributed by atoms with Crippen molar-refractivity contribution < 1.29 is 13.2 Å². The van der Waals surface area contributed by atoms with E-state index < -0.39 is 12.1 Å². The Morgan fingerprint density at radius 3 is 2.43 bits per heavy atom. The molecular weight excluding hydrogens is 279 g/mol. The van der Waals surface area contributed by atoms with Crippen LogP contribution in [0.2, 0.25) is 0 Å². The number of hydrogen-bond acceptors (Lipinski definition) is 3. The second-order valence-electron chi connectivity index (χ2n) is 6.70. The molecule has 0 bridgehead atoms. The van der Waals surface area contributed by atoms with E-state index in [1.165, 1.54) is 0 Å². The van der Waals surface area contributed by atoms with Crippen molar-refractivity contribution >= 4 is 0 Å². The Balaban J connectivity index is 1.72. The van der Waals surface area contributed by atoms with Crippen LogP contribution in [-0.2, 0) is 0 Å². The number of likely N-dealkylation sites (N-methyl/N-ethyl adjacent to an activating group) is 1. The van der Waals surface area contributed by atoms with Gasteiger partial charge >= 0.3 is 6.18 Å². The summed E-state index contributed by atoms with van der Waals surface area (Å²) in [7, 11) is 2.12. The average Bonchev–Trinajstić information content (AvgIpc) is 2.45. The van der Waals surface area contributed by atoms with Crippen molar-refractivity contribution in [1.29, 1.82) is 0 Å². The van der Waals surface area contributed by atoms with Gasteiger partial charge in [0.25, 0.3) is 0 Å². The molecule has 1 aliphatic heterocycles. The van der Waals surface area contributed by atoms with Gasteiger partial charge in [-0.2, -0.15) is 13.2 Å². The fourth-order valence-electron chi connectivity index (χ4n) is 3.40. The summed E-state index contributed by atoms with van der Waals surface area (Å²) < 4.78 is 38.4. The Morgan fingerprint density at radius 1 is 1.14 bits per heavy atom. The Bertz CT molecular complexity index is 314. The van der Waals surface area contributed by atoms with Gasteiger partial charge in [-0.3, -0.25) is 4.90 Å². The minimum Gasteiger partial charge on any atom is -0.312 e. The zero-order valence-electron chi connectivity index (χ0n) is 13.1. The second kappa shape index (κ2) is 7.29. The number of halogens is 3. The molecule has 1 saturated heterocycles. The molecule has 2 aliphatic rings. The van der Waals surface area contributed by atoms with Crippen LogP contribution in [0.3, 0.4) is 0 Å². The summed E-state index contributed by atoms with van der Waals surface area (Å²) in [5.41, 5.74) is 0. The van der Waals surface area contributed by atoms with Gasteiger partial charge in [0.1, 0.15) is 0 Å². The Hall–Kier alpha value is -0.330. The van der Waals surface area contributed by atoms with E-state index in [-0.39, 0.29) is 12.5 Å². The lowest BCUT2D eigenvalue weighted by Crippen LogP contribution is -2.52. The van der Waals surface area contributed by atoms with E-state index in [1.54, 1.807) is 0 Å². The smallest absolute Gasteiger partial charge is 0.312 e. The molecule has 21 heavy (non-hydrogen) atoms. The predicted octanol–water partition coefficient (Wildman–Crippen LogP) is 2.33. The van der Waals surface area contributed by atoms with Crippen molar-refractivity contribution in [3.63, 3.8) is 0 Å². The fraction of sp³-hybridized carbons (Fsp3) is 1.00. The van der Waals surface area contributed by atoms with Gasteiger partial charge in [-0.1, -0.05) is 6.42 Å². The molecule has 0 aromatic carbocycles. The highest BCUT2D eigenvalue weighted by Gasteiger charge is 2.42. The van der Waals surface area contributed by atoms with Gasteiger partial charge < -0.3 is 10.2 Å². The SMILES string of the molecule is C[C@H](CN[C@H]1CCC[C@H](C(F)(F)F)C1)N1CCN(C)CC1. The third kappa shape index (κ3) is 5.11. The lowest BCUT2D eigenvalue weighted by atomic mass is 9.85. The van der Waals surface area contributed by atoms with Crippen molar-refractivity contribution in [2.75, 3.05) is 39.8 Å². The monoisotopic (exact) mass is 307 g/mol. The highest BCUT2D eigenvalue weighted by Crippen LogP contribution is 2.37. The number of nitrogens with one attached hydrogen (secondary N) is 1. The fourth-order valence-corrected chi connectivity index (χ4v) is 3.40. The van der Waals surface area contributed by atoms with Crippen LogP contribution in [-0.4, -0.2) is 67.8 Å². The van der Waals surface area contributed by atoms with E-state index in [9.17, 15) is 13.2 Å². The molecule has 1 heterocycles. The molecular formula is C15H28F3N3. The van der Waals surface area contributed by atoms with Gasteiger partial charge in [0.2, 0.25) is 0 Å². The number of alkyl halides is 3. The van der Waals surface area contributed by atoms with Crippen LogP contribution in [0.15, 0.2) is 0 Å². The molecule has 0 unspecified atom stereocenters. The first-order valence-electron chi connectivity index (χ1n) is 8.09. The van der Waals surface area contributed by atoms with E-state index in [0.717, 1.165) is 39.1 Å². The van der Waals surface area contributed by atoms with Gasteiger partial charge in [0.15, 0.2) is 0 Å². The lowest BCUT2D eigenvalue weighted by molar-refractivity contribution is -0.183. The highest BCUT2D eigenvalue weighted by molar-refractivity contribution is 4.84. The number of nitrogens with zero attached hydrogens (tertiary/aromatic N) is 2. The Morgan fingerprint density at radius 2 is 1.81 bits per heavy atom. The molecule has 3 nitrogen and oxygen atoms in total. The molecule has 1 saturated carbocycles. The first kappa shape index (κ1) is 17.0. The van der Waals surface area contributed by atoms with E-state index in [4.69, 9.17) is 0 Å². The van der Waals surface area contributed by atoms with Crippen LogP contribution in [0.25, 0.3) is 0 Å². The lowest BCUT2D eigenvalue weighted by Gasteiger charge is -2.38. The first-order chi connectivity index (χ1) is 9.86. The molecule has 1 N–H and O–H groups in total. The topological polar surface area (TPSA) is 18.5 Å². The van der Waals surface area contributed by atoms with Crippen molar-refractivity contribution in [2.24, 2.45) is 5.92 Å². The van der Waals surface area contributed by atoms with Crippen molar-refractivity contribution in [3.8, 4) is 0 Å². The third-order valence-electron chi connectivity index (χ3n) is 5.00. The summed E-state index contributed by atoms with van der Waals surface area (Å²) in [6, 6.07) is 0.422. The molecule has 2 rings (SSSR count). The highest BCUT2D eigenvalue weighted by atomic mass is 19.4. The van der Waals surface area contributed by atoms with Crippen LogP contribution in [0.4, 0.5) is 13.2 Å². The number of piperazine rings is 1. The van der Waals surface area contributed by atoms with Crippen molar-refractivity contribution in [3.05, 3.63) is 0 Å². The van der Waals surface area contributed by atoms with Gasteiger partial charge in [-0.05, 0) is 33.2 Å². The van der Waals surface area contributed by atoms with Crippen molar-refractivity contribution in [1.82, 2.24) is 15.1 Å². The van der Waals surface area contributed by atoms with E-state index in [0.29, 0.717) is 18.9 Å². The van der Waals surface area contributed by atoms with E-state index in [2.05, 4.69) is 29.1 Å². The minimum atomic E-state index is -4.02. The van der Waals surface area contributed by atoms with Gasteiger partial charge in [0.05, 0.1) is 5.92 Å². The third-order valence-corrected chi connectivity index (χ3v) is 5.00. The summed E-state index contributed by atoms with van der Waals surface area (Å²) in [6.45, 7) is 7.21. The van der Waals surface area contributed by atoms with Crippen LogP contribution in [0.5, 0.6) is 0 Å². The summed E-state index contributed by atoms with van der Waals surface area (Å²) in [4.78, 5) is 4.74. The summed E-state index contributed by atoms with van der Waals surface area (Å²) in [5, 5.41) is 3.38. The maximum Gasteiger partial charge on any atom is 0.391 e. The largest absolute Gasteiger partial charge is 0.391 e. The molecule has 2 fully saturated rings.